The molecule has 0 spiro atoms. The van der Waals surface area contributed by atoms with E-state index in [1.54, 1.807) is 0 Å². The minimum Gasteiger partial charge on any atom is -0.348 e. The number of pyridine rings is 1. The summed E-state index contributed by atoms with van der Waals surface area (Å²) in [6.45, 7) is 4.18. The summed E-state index contributed by atoms with van der Waals surface area (Å²) in [6, 6.07) is 10.5. The van der Waals surface area contributed by atoms with E-state index in [4.69, 9.17) is 12.2 Å². The van der Waals surface area contributed by atoms with Crippen LogP contribution in [0.5, 0.6) is 0 Å². The maximum absolute atomic E-state index is 5.39. The summed E-state index contributed by atoms with van der Waals surface area (Å²) in [5.41, 5.74) is 7.39. The highest BCUT2D eigenvalue weighted by molar-refractivity contribution is 7.80. The third-order valence-electron chi connectivity index (χ3n) is 3.88. The maximum Gasteiger partial charge on any atom is 0.183 e. The van der Waals surface area contributed by atoms with Crippen LogP contribution < -0.4 is 10.9 Å². The Morgan fingerprint density at radius 1 is 1.24 bits per heavy atom. The van der Waals surface area contributed by atoms with Crippen molar-refractivity contribution in [1.29, 1.82) is 0 Å². The van der Waals surface area contributed by atoms with E-state index in [-0.39, 0.29) is 6.04 Å². The molecular weight excluding hydrogens is 280 g/mol. The molecular formula is C16H20N4S. The fourth-order valence-corrected chi connectivity index (χ4v) is 2.82. The largest absolute Gasteiger partial charge is 0.348 e. The monoisotopic (exact) mass is 300 g/mol. The normalized spacial score (nSPS) is 16.1. The number of aromatic nitrogens is 1. The molecule has 1 saturated heterocycles. The van der Waals surface area contributed by atoms with Crippen molar-refractivity contribution in [2.24, 2.45) is 0 Å². The van der Waals surface area contributed by atoms with Gasteiger partial charge in [0.1, 0.15) is 0 Å². The molecule has 2 heterocycles. The zero-order valence-electron chi connectivity index (χ0n) is 12.2. The lowest BCUT2D eigenvalue weighted by atomic mass is 10.1. The molecule has 0 amide bonds. The van der Waals surface area contributed by atoms with E-state index in [9.17, 15) is 0 Å². The molecule has 0 aliphatic carbocycles. The molecule has 4 nitrogen and oxygen atoms in total. The van der Waals surface area contributed by atoms with E-state index in [0.29, 0.717) is 0 Å². The molecule has 2 N–H and O–H groups in total. The van der Waals surface area contributed by atoms with Crippen molar-refractivity contribution in [3.63, 3.8) is 0 Å². The quantitative estimate of drug-likeness (QED) is 0.674. The Kier molecular flexibility index (Phi) is 4.31. The number of hydrazine groups is 1. The fraction of sp³-hybridized carbons (Fsp3) is 0.375. The Morgan fingerprint density at radius 3 is 2.71 bits per heavy atom. The summed E-state index contributed by atoms with van der Waals surface area (Å²) in [4.78, 5) is 6.72. The highest BCUT2D eigenvalue weighted by Crippen LogP contribution is 2.17. The Morgan fingerprint density at radius 2 is 1.95 bits per heavy atom. The van der Waals surface area contributed by atoms with E-state index in [0.717, 1.165) is 29.3 Å². The van der Waals surface area contributed by atoms with Gasteiger partial charge in [0.2, 0.25) is 0 Å². The number of nitrogens with one attached hydrogen (secondary N) is 2. The van der Waals surface area contributed by atoms with Crippen molar-refractivity contribution in [3.8, 4) is 0 Å². The first kappa shape index (κ1) is 14.2. The highest BCUT2D eigenvalue weighted by atomic mass is 32.1. The zero-order chi connectivity index (χ0) is 14.7. The van der Waals surface area contributed by atoms with Gasteiger partial charge in [0.15, 0.2) is 5.11 Å². The Labute approximate surface area is 130 Å². The van der Waals surface area contributed by atoms with Crippen LogP contribution in [0.2, 0.25) is 0 Å². The van der Waals surface area contributed by atoms with Crippen molar-refractivity contribution >= 4 is 28.1 Å². The molecule has 1 aliphatic heterocycles. The molecule has 110 valence electrons. The minimum absolute atomic E-state index is 0.0927. The Bertz CT molecular complexity index is 637. The van der Waals surface area contributed by atoms with Gasteiger partial charge in [0, 0.05) is 24.7 Å². The second-order valence-electron chi connectivity index (χ2n) is 5.45. The van der Waals surface area contributed by atoms with Crippen LogP contribution in [-0.2, 0) is 0 Å². The molecule has 0 bridgehead atoms. The molecule has 1 aromatic heterocycles. The number of hydrogen-bond donors (Lipinski definition) is 2. The zero-order valence-corrected chi connectivity index (χ0v) is 13.0. The van der Waals surface area contributed by atoms with Gasteiger partial charge in [-0.05, 0) is 43.4 Å². The number of fused-ring (bicyclic) bond motifs is 1. The van der Waals surface area contributed by atoms with Crippen molar-refractivity contribution in [1.82, 2.24) is 20.7 Å². The van der Waals surface area contributed by atoms with Crippen molar-refractivity contribution in [2.45, 2.75) is 25.8 Å². The van der Waals surface area contributed by atoms with Gasteiger partial charge < -0.3 is 4.90 Å². The van der Waals surface area contributed by atoms with Gasteiger partial charge >= 0.3 is 0 Å². The lowest BCUT2D eigenvalue weighted by Gasteiger charge is -2.22. The average molecular weight is 300 g/mol. The summed E-state index contributed by atoms with van der Waals surface area (Å²) in [6.07, 6.45) is 4.37. The topological polar surface area (TPSA) is 40.2 Å². The lowest BCUT2D eigenvalue weighted by molar-refractivity contribution is 0.460. The predicted molar refractivity (Wildman–Crippen MR) is 89.8 cm³/mol. The van der Waals surface area contributed by atoms with Crippen LogP contribution in [0.25, 0.3) is 10.8 Å². The van der Waals surface area contributed by atoms with E-state index >= 15 is 0 Å². The predicted octanol–water partition coefficient (Wildman–Crippen LogP) is 2.77. The van der Waals surface area contributed by atoms with E-state index in [2.05, 4.69) is 45.9 Å². The SMILES string of the molecule is C[C@@H](NNC(=S)N1CCCC1)c1cc2ccccc2cn1. The number of benzene rings is 1. The molecule has 21 heavy (non-hydrogen) atoms. The molecule has 1 aliphatic rings. The maximum atomic E-state index is 5.39. The summed E-state index contributed by atoms with van der Waals surface area (Å²) < 4.78 is 0. The molecule has 1 fully saturated rings. The van der Waals surface area contributed by atoms with Crippen molar-refractivity contribution in [2.75, 3.05) is 13.1 Å². The molecule has 1 aromatic carbocycles. The number of nitrogens with zero attached hydrogens (tertiary/aromatic N) is 2. The second kappa shape index (κ2) is 6.37. The average Bonchev–Trinajstić information content (AvgIpc) is 3.06. The van der Waals surface area contributed by atoms with Crippen LogP contribution in [0.1, 0.15) is 31.5 Å². The Balaban J connectivity index is 1.63. The van der Waals surface area contributed by atoms with Crippen LogP contribution in [0, 0.1) is 0 Å². The number of thiocarbonyl (C=S) groups is 1. The minimum atomic E-state index is 0.0927. The standard InChI is InChI=1S/C16H20N4S/c1-12(18-19-16(21)20-8-4-5-9-20)15-10-13-6-2-3-7-14(13)11-17-15/h2-3,6-7,10-12,18H,4-5,8-9H2,1H3,(H,19,21)/t12-/m1/s1. The smallest absolute Gasteiger partial charge is 0.183 e. The van der Waals surface area contributed by atoms with E-state index in [1.807, 2.05) is 18.3 Å². The first-order valence-corrected chi connectivity index (χ1v) is 7.80. The molecule has 0 radical (unpaired) electrons. The molecule has 3 rings (SSSR count). The lowest BCUT2D eigenvalue weighted by Crippen LogP contribution is -2.46. The first-order valence-electron chi connectivity index (χ1n) is 7.39. The molecule has 0 saturated carbocycles. The van der Waals surface area contributed by atoms with Crippen molar-refractivity contribution < 1.29 is 0 Å². The molecule has 1 atom stereocenters. The van der Waals surface area contributed by atoms with Crippen molar-refractivity contribution in [3.05, 3.63) is 42.2 Å². The third kappa shape index (κ3) is 3.31. The second-order valence-corrected chi connectivity index (χ2v) is 5.83. The summed E-state index contributed by atoms with van der Waals surface area (Å²) in [7, 11) is 0. The van der Waals surface area contributed by atoms with Crippen LogP contribution in [-0.4, -0.2) is 28.1 Å². The van der Waals surface area contributed by atoms with Gasteiger partial charge in [-0.2, -0.15) is 0 Å². The van der Waals surface area contributed by atoms with Gasteiger partial charge in [-0.1, -0.05) is 24.3 Å². The molecule has 2 aromatic rings. The van der Waals surface area contributed by atoms with Crippen LogP contribution in [0.15, 0.2) is 36.5 Å². The summed E-state index contributed by atoms with van der Waals surface area (Å²) in [5.74, 6) is 0. The van der Waals surface area contributed by atoms with Gasteiger partial charge in [0.05, 0.1) is 11.7 Å². The van der Waals surface area contributed by atoms with E-state index < -0.39 is 0 Å². The third-order valence-corrected chi connectivity index (χ3v) is 4.24. The number of rotatable bonds is 3. The van der Waals surface area contributed by atoms with Crippen LogP contribution >= 0.6 is 12.2 Å². The Hall–Kier alpha value is -1.72. The number of likely N-dealkylation sites (tertiary alicyclic amines) is 1. The molecule has 0 unspecified atom stereocenters. The highest BCUT2D eigenvalue weighted by Gasteiger charge is 2.15. The van der Waals surface area contributed by atoms with Gasteiger partial charge in [-0.25, -0.2) is 5.43 Å². The fourth-order valence-electron chi connectivity index (χ4n) is 2.58. The van der Waals surface area contributed by atoms with E-state index in [1.165, 1.54) is 18.2 Å². The number of hydrogen-bond acceptors (Lipinski definition) is 3. The van der Waals surface area contributed by atoms with Gasteiger partial charge in [-0.3, -0.25) is 10.4 Å². The van der Waals surface area contributed by atoms with Crippen LogP contribution in [0.4, 0.5) is 0 Å². The van der Waals surface area contributed by atoms with Crippen LogP contribution in [0.3, 0.4) is 0 Å². The molecule has 5 heteroatoms. The van der Waals surface area contributed by atoms with Gasteiger partial charge in [0.25, 0.3) is 0 Å². The van der Waals surface area contributed by atoms with Gasteiger partial charge in [-0.15, -0.1) is 0 Å². The first-order chi connectivity index (χ1) is 10.2. The summed E-state index contributed by atoms with van der Waals surface area (Å²) >= 11 is 5.39. The summed E-state index contributed by atoms with van der Waals surface area (Å²) in [5, 5.41) is 3.15.